The molecule has 0 spiro atoms. The molecule has 0 unspecified atom stereocenters. The number of carbonyl (C=O) groups excluding carboxylic acids is 1. The number of aryl methyl sites for hydroxylation is 1. The third-order valence-electron chi connectivity index (χ3n) is 6.18. The summed E-state index contributed by atoms with van der Waals surface area (Å²) in [6.07, 6.45) is 3.15. The molecule has 35 heavy (non-hydrogen) atoms. The van der Waals surface area contributed by atoms with Crippen LogP contribution < -0.4 is 0 Å². The highest BCUT2D eigenvalue weighted by molar-refractivity contribution is 7.90. The fourth-order valence-electron chi connectivity index (χ4n) is 4.22. The number of benzene rings is 2. The monoisotopic (exact) mass is 499 g/mol. The Kier molecular flexibility index (Phi) is 7.66. The van der Waals surface area contributed by atoms with Gasteiger partial charge in [-0.2, -0.15) is 0 Å². The number of nitrogens with zero attached hydrogens (tertiary/aromatic N) is 3. The van der Waals surface area contributed by atoms with Crippen LogP contribution in [0.2, 0.25) is 0 Å². The largest absolute Gasteiger partial charge is 0.376 e. The molecule has 0 saturated carbocycles. The summed E-state index contributed by atoms with van der Waals surface area (Å²) < 4.78 is 47.4. The number of hydrogen-bond acceptors (Lipinski definition) is 5. The third kappa shape index (κ3) is 5.97. The summed E-state index contributed by atoms with van der Waals surface area (Å²) >= 11 is 0. The number of ether oxygens (including phenoxy) is 1. The van der Waals surface area contributed by atoms with E-state index in [4.69, 9.17) is 4.74 Å². The molecule has 0 radical (unpaired) electrons. The maximum atomic E-state index is 13.3. The Morgan fingerprint density at radius 1 is 1.17 bits per heavy atom. The van der Waals surface area contributed by atoms with E-state index in [1.54, 1.807) is 21.6 Å². The molecule has 1 aliphatic rings. The van der Waals surface area contributed by atoms with Crippen molar-refractivity contribution in [2.45, 2.75) is 56.8 Å². The summed E-state index contributed by atoms with van der Waals surface area (Å²) in [4.78, 5) is 19.1. The molecule has 2 heterocycles. The van der Waals surface area contributed by atoms with Crippen molar-refractivity contribution < 1.29 is 22.3 Å². The van der Waals surface area contributed by atoms with Crippen molar-refractivity contribution in [3.8, 4) is 0 Å². The van der Waals surface area contributed by atoms with Crippen molar-refractivity contribution in [1.29, 1.82) is 0 Å². The normalized spacial score (nSPS) is 15.9. The maximum absolute atomic E-state index is 13.3. The van der Waals surface area contributed by atoms with Crippen LogP contribution in [0.1, 0.15) is 46.9 Å². The van der Waals surface area contributed by atoms with Crippen LogP contribution in [0.25, 0.3) is 0 Å². The van der Waals surface area contributed by atoms with E-state index in [1.807, 2.05) is 26.0 Å². The second-order valence-corrected chi connectivity index (χ2v) is 10.7. The summed E-state index contributed by atoms with van der Waals surface area (Å²) in [5.74, 6) is -0.853. The average Bonchev–Trinajstić information content (AvgIpc) is 3.50. The Morgan fingerprint density at radius 3 is 2.51 bits per heavy atom. The molecule has 0 aliphatic carbocycles. The molecule has 1 aliphatic heterocycles. The van der Waals surface area contributed by atoms with Gasteiger partial charge in [-0.05, 0) is 56.5 Å². The van der Waals surface area contributed by atoms with E-state index in [-0.39, 0.29) is 29.5 Å². The number of amides is 1. The topological polar surface area (TPSA) is 81.5 Å². The van der Waals surface area contributed by atoms with E-state index in [1.165, 1.54) is 30.5 Å². The van der Waals surface area contributed by atoms with Crippen molar-refractivity contribution in [1.82, 2.24) is 14.5 Å². The number of carbonyl (C=O) groups is 1. The zero-order valence-electron chi connectivity index (χ0n) is 20.0. The van der Waals surface area contributed by atoms with Gasteiger partial charge < -0.3 is 14.2 Å². The predicted molar refractivity (Wildman–Crippen MR) is 130 cm³/mol. The minimum Gasteiger partial charge on any atom is -0.376 e. The first-order valence-corrected chi connectivity index (χ1v) is 13.4. The van der Waals surface area contributed by atoms with E-state index >= 15 is 0 Å². The van der Waals surface area contributed by atoms with E-state index in [0.29, 0.717) is 36.5 Å². The lowest BCUT2D eigenvalue weighted by Crippen LogP contribution is -2.32. The Bertz CT molecular complexity index is 1260. The van der Waals surface area contributed by atoms with Crippen LogP contribution in [-0.4, -0.2) is 48.0 Å². The van der Waals surface area contributed by atoms with E-state index in [2.05, 4.69) is 4.98 Å². The molecule has 1 fully saturated rings. The van der Waals surface area contributed by atoms with Crippen LogP contribution in [0.3, 0.4) is 0 Å². The maximum Gasteiger partial charge on any atom is 0.254 e. The first-order chi connectivity index (χ1) is 16.8. The van der Waals surface area contributed by atoms with Gasteiger partial charge in [0.25, 0.3) is 5.91 Å². The Morgan fingerprint density at radius 2 is 1.89 bits per heavy atom. The highest BCUT2D eigenvalue weighted by Gasteiger charge is 2.28. The van der Waals surface area contributed by atoms with Crippen LogP contribution in [0.5, 0.6) is 0 Å². The first-order valence-electron chi connectivity index (χ1n) is 11.8. The highest BCUT2D eigenvalue weighted by atomic mass is 32.2. The number of rotatable bonds is 9. The smallest absolute Gasteiger partial charge is 0.254 e. The van der Waals surface area contributed by atoms with Crippen LogP contribution in [0, 0.1) is 12.7 Å². The summed E-state index contributed by atoms with van der Waals surface area (Å²) in [6, 6.07) is 12.8. The molecule has 0 bridgehead atoms. The summed E-state index contributed by atoms with van der Waals surface area (Å²) in [5, 5.41) is -0.0637. The van der Waals surface area contributed by atoms with Gasteiger partial charge in [0.05, 0.1) is 36.8 Å². The fourth-order valence-corrected chi connectivity index (χ4v) is 5.72. The predicted octanol–water partition coefficient (Wildman–Crippen LogP) is 4.15. The molecule has 7 nitrogen and oxygen atoms in total. The van der Waals surface area contributed by atoms with Crippen molar-refractivity contribution in [3.63, 3.8) is 0 Å². The Balaban J connectivity index is 1.64. The van der Waals surface area contributed by atoms with Gasteiger partial charge >= 0.3 is 0 Å². The standard InChI is InChI=1S/C26H30FN3O4S/c1-3-29(25(31)21-10-6-19(2)7-11-21)16-23-15-28-26(30(23)17-24-5-4-14-34-24)35(32,33)18-20-8-12-22(27)13-9-20/h6-13,15,24H,3-5,14,16-18H2,1-2H3/t24-/m1/s1. The molecule has 4 rings (SSSR count). The molecule has 0 N–H and O–H groups in total. The van der Waals surface area contributed by atoms with Crippen molar-refractivity contribution in [2.24, 2.45) is 0 Å². The number of sulfone groups is 1. The minimum absolute atomic E-state index is 0.0637. The zero-order valence-corrected chi connectivity index (χ0v) is 20.8. The summed E-state index contributed by atoms with van der Waals surface area (Å²) in [6.45, 7) is 5.50. The minimum atomic E-state index is -3.83. The van der Waals surface area contributed by atoms with Crippen LogP contribution >= 0.6 is 0 Å². The van der Waals surface area contributed by atoms with E-state index in [0.717, 1.165) is 18.4 Å². The van der Waals surface area contributed by atoms with Crippen molar-refractivity contribution in [2.75, 3.05) is 13.2 Å². The lowest BCUT2D eigenvalue weighted by Gasteiger charge is -2.23. The van der Waals surface area contributed by atoms with Gasteiger partial charge in [0, 0.05) is 18.7 Å². The van der Waals surface area contributed by atoms with E-state index in [9.17, 15) is 17.6 Å². The van der Waals surface area contributed by atoms with Gasteiger partial charge in [-0.15, -0.1) is 0 Å². The molecule has 1 atom stereocenters. The average molecular weight is 500 g/mol. The first kappa shape index (κ1) is 25.1. The lowest BCUT2D eigenvalue weighted by atomic mass is 10.1. The molecule has 186 valence electrons. The molecule has 2 aromatic carbocycles. The molecule has 1 aromatic heterocycles. The van der Waals surface area contributed by atoms with Crippen LogP contribution in [-0.2, 0) is 33.4 Å². The molecule has 3 aromatic rings. The fraction of sp³-hybridized carbons (Fsp3) is 0.385. The molecular weight excluding hydrogens is 469 g/mol. The van der Waals surface area contributed by atoms with Crippen molar-refractivity contribution in [3.05, 3.63) is 82.9 Å². The second kappa shape index (κ2) is 10.7. The number of halogens is 1. The summed E-state index contributed by atoms with van der Waals surface area (Å²) in [5.41, 5.74) is 2.74. The lowest BCUT2D eigenvalue weighted by molar-refractivity contribution is 0.0741. The molecule has 1 saturated heterocycles. The van der Waals surface area contributed by atoms with Gasteiger partial charge in [-0.3, -0.25) is 4.79 Å². The van der Waals surface area contributed by atoms with E-state index < -0.39 is 15.7 Å². The molecule has 9 heteroatoms. The highest BCUT2D eigenvalue weighted by Crippen LogP contribution is 2.23. The van der Waals surface area contributed by atoms with Crippen LogP contribution in [0.4, 0.5) is 4.39 Å². The van der Waals surface area contributed by atoms with Gasteiger partial charge in [-0.1, -0.05) is 29.8 Å². The van der Waals surface area contributed by atoms with Gasteiger partial charge in [-0.25, -0.2) is 17.8 Å². The van der Waals surface area contributed by atoms with Gasteiger partial charge in [0.2, 0.25) is 15.0 Å². The van der Waals surface area contributed by atoms with Gasteiger partial charge in [0.1, 0.15) is 5.82 Å². The Hall–Kier alpha value is -3.04. The molecule has 1 amide bonds. The number of imidazole rings is 1. The quantitative estimate of drug-likeness (QED) is 0.442. The zero-order chi connectivity index (χ0) is 25.0. The number of aromatic nitrogens is 2. The Labute approximate surface area is 205 Å². The van der Waals surface area contributed by atoms with Crippen LogP contribution in [0.15, 0.2) is 59.9 Å². The SMILES string of the molecule is CCN(Cc1cnc(S(=O)(=O)Cc2ccc(F)cc2)n1C[C@H]1CCCO1)C(=O)c1ccc(C)cc1. The summed E-state index contributed by atoms with van der Waals surface area (Å²) in [7, 11) is -3.83. The van der Waals surface area contributed by atoms with Crippen molar-refractivity contribution >= 4 is 15.7 Å². The second-order valence-electron chi connectivity index (χ2n) is 8.85. The number of hydrogen-bond donors (Lipinski definition) is 0. The van der Waals surface area contributed by atoms with Gasteiger partial charge in [0.15, 0.2) is 0 Å². The molecular formula is C26H30FN3O4S. The third-order valence-corrected chi connectivity index (χ3v) is 7.78.